The molecule has 1 aromatic heterocycles. The molecule has 0 unspecified atom stereocenters. The van der Waals surface area contributed by atoms with Crippen LogP contribution in [0.5, 0.6) is 11.5 Å². The number of methoxy groups -OCH3 is 2. The van der Waals surface area contributed by atoms with Crippen LogP contribution < -0.4 is 14.8 Å². The van der Waals surface area contributed by atoms with Crippen molar-refractivity contribution in [2.45, 2.75) is 17.5 Å². The zero-order valence-electron chi connectivity index (χ0n) is 22.4. The van der Waals surface area contributed by atoms with Gasteiger partial charge >= 0.3 is 0 Å². The molecule has 1 spiro atoms. The number of hydrogen-bond acceptors (Lipinski definition) is 7. The Balaban J connectivity index is 1.54. The normalized spacial score (nSPS) is 23.5. The molecule has 1 N–H and O–H groups in total. The molecule has 1 amide bonds. The van der Waals surface area contributed by atoms with Gasteiger partial charge in [-0.1, -0.05) is 48.5 Å². The van der Waals surface area contributed by atoms with Crippen molar-refractivity contribution < 1.29 is 23.9 Å². The minimum absolute atomic E-state index is 0.200. The zero-order chi connectivity index (χ0) is 28.3. The topological polar surface area (TPSA) is 84.9 Å². The number of nitrogens with one attached hydrogen (secondary N) is 1. The average Bonchev–Trinajstić information content (AvgIpc) is 3.73. The van der Waals surface area contributed by atoms with Crippen molar-refractivity contribution in [3.8, 4) is 11.5 Å². The van der Waals surface area contributed by atoms with Crippen LogP contribution in [0, 0.1) is 5.92 Å². The van der Waals surface area contributed by atoms with E-state index < -0.39 is 23.4 Å². The molecule has 3 aromatic carbocycles. The van der Waals surface area contributed by atoms with Crippen LogP contribution in [0.25, 0.3) is 6.08 Å². The number of thiophene rings is 1. The first kappa shape index (κ1) is 25.3. The van der Waals surface area contributed by atoms with Gasteiger partial charge in [0.15, 0.2) is 11.6 Å². The predicted octanol–water partition coefficient (Wildman–Crippen LogP) is 5.75. The number of benzene rings is 3. The molecular formula is C33H26N2O5S. The van der Waals surface area contributed by atoms with Gasteiger partial charge in [-0.2, -0.15) is 0 Å². The number of para-hydroxylation sites is 1. The largest absolute Gasteiger partial charge is 0.497 e. The smallest absolute Gasteiger partial charge is 0.238 e. The second-order valence-electron chi connectivity index (χ2n) is 10.4. The first-order chi connectivity index (χ1) is 20.0. The van der Waals surface area contributed by atoms with Gasteiger partial charge < -0.3 is 19.7 Å². The van der Waals surface area contributed by atoms with E-state index in [0.717, 1.165) is 11.1 Å². The molecule has 7 rings (SSSR count). The highest BCUT2D eigenvalue weighted by molar-refractivity contribution is 7.12. The molecular weight excluding hydrogens is 536 g/mol. The first-order valence-corrected chi connectivity index (χ1v) is 14.2. The molecule has 0 saturated carbocycles. The molecule has 3 aliphatic heterocycles. The molecule has 8 heteroatoms. The monoisotopic (exact) mass is 562 g/mol. The highest BCUT2D eigenvalue weighted by Crippen LogP contribution is 2.62. The third-order valence-corrected chi connectivity index (χ3v) is 9.44. The summed E-state index contributed by atoms with van der Waals surface area (Å²) in [7, 11) is 3.03. The van der Waals surface area contributed by atoms with E-state index in [9.17, 15) is 14.4 Å². The molecule has 4 aromatic rings. The minimum Gasteiger partial charge on any atom is -0.497 e. The Morgan fingerprint density at radius 1 is 0.927 bits per heavy atom. The van der Waals surface area contributed by atoms with Gasteiger partial charge in [0.25, 0.3) is 0 Å². The summed E-state index contributed by atoms with van der Waals surface area (Å²) in [6.45, 7) is 0. The summed E-state index contributed by atoms with van der Waals surface area (Å²) in [5.41, 5.74) is 2.09. The number of Topliss-reactive ketones (excluding diaryl/α,β-unsaturated/α-hetero) is 2. The number of rotatable bonds is 6. The van der Waals surface area contributed by atoms with Crippen LogP contribution in [0.15, 0.2) is 90.4 Å². The predicted molar refractivity (Wildman–Crippen MR) is 157 cm³/mol. The van der Waals surface area contributed by atoms with Crippen LogP contribution in [-0.4, -0.2) is 42.6 Å². The molecule has 4 atom stereocenters. The summed E-state index contributed by atoms with van der Waals surface area (Å²) < 4.78 is 11.0. The van der Waals surface area contributed by atoms with Crippen LogP contribution in [0.4, 0.5) is 5.69 Å². The lowest BCUT2D eigenvalue weighted by atomic mass is 9.62. The summed E-state index contributed by atoms with van der Waals surface area (Å²) >= 11 is 1.33. The number of nitrogens with zero attached hydrogens (tertiary/aromatic N) is 1. The molecule has 3 aliphatic rings. The first-order valence-electron chi connectivity index (χ1n) is 13.3. The molecule has 41 heavy (non-hydrogen) atoms. The number of ketones is 2. The molecule has 4 heterocycles. The van der Waals surface area contributed by atoms with Gasteiger partial charge in [-0.15, -0.1) is 11.3 Å². The minimum atomic E-state index is -1.39. The lowest BCUT2D eigenvalue weighted by molar-refractivity contribution is -0.122. The van der Waals surface area contributed by atoms with Gasteiger partial charge in [-0.3, -0.25) is 14.4 Å². The van der Waals surface area contributed by atoms with Crippen LogP contribution in [-0.2, 0) is 10.2 Å². The Hall–Kier alpha value is -4.69. The summed E-state index contributed by atoms with van der Waals surface area (Å²) in [4.78, 5) is 46.4. The summed E-state index contributed by atoms with van der Waals surface area (Å²) in [5.74, 6) is -1.06. The van der Waals surface area contributed by atoms with Gasteiger partial charge in [-0.05, 0) is 52.4 Å². The SMILES string of the molecule is COc1ccc(C(=O)[C@H]2[C@@H](C(=O)c3cccs3)N3C=Cc4ccccc4[C@@H]3[C@]23C(=O)Nc2ccccc23)c(OC)c1. The van der Waals surface area contributed by atoms with E-state index in [0.29, 0.717) is 27.6 Å². The Bertz CT molecular complexity index is 1750. The molecule has 204 valence electrons. The number of fused-ring (bicyclic) bond motifs is 6. The second kappa shape index (κ2) is 9.45. The van der Waals surface area contributed by atoms with Crippen molar-refractivity contribution >= 4 is 40.6 Å². The Morgan fingerprint density at radius 2 is 1.73 bits per heavy atom. The second-order valence-corrected chi connectivity index (χ2v) is 11.3. The number of amides is 1. The van der Waals surface area contributed by atoms with Crippen molar-refractivity contribution in [3.63, 3.8) is 0 Å². The van der Waals surface area contributed by atoms with Crippen molar-refractivity contribution in [3.05, 3.63) is 118 Å². The van der Waals surface area contributed by atoms with Crippen LogP contribution in [0.1, 0.15) is 42.8 Å². The summed E-state index contributed by atoms with van der Waals surface area (Å²) in [5, 5.41) is 4.91. The standard InChI is InChI=1S/C33H26N2O5S/c1-39-20-13-14-22(25(18-20)40-2)29(36)27-28(30(37)26-12-7-17-41-26)35-16-15-19-8-3-4-9-21(19)31(35)33(27)23-10-5-6-11-24(23)34-32(33)38/h3-18,27-28,31H,1-2H3,(H,34,38)/t27-,28+,31-,33-/m1/s1. The zero-order valence-corrected chi connectivity index (χ0v) is 23.2. The molecule has 0 radical (unpaired) electrons. The molecule has 0 aliphatic carbocycles. The summed E-state index contributed by atoms with van der Waals surface area (Å²) in [6, 6.07) is 22.4. The van der Waals surface area contributed by atoms with Crippen LogP contribution in [0.2, 0.25) is 0 Å². The molecule has 0 bridgehead atoms. The van der Waals surface area contributed by atoms with Crippen molar-refractivity contribution in [1.29, 1.82) is 0 Å². The number of hydrogen-bond donors (Lipinski definition) is 1. The third kappa shape index (κ3) is 3.47. The average molecular weight is 563 g/mol. The highest BCUT2D eigenvalue weighted by atomic mass is 32.1. The van der Waals surface area contributed by atoms with Gasteiger partial charge in [-0.25, -0.2) is 0 Å². The Morgan fingerprint density at radius 3 is 2.51 bits per heavy atom. The number of carbonyl (C=O) groups excluding carboxylic acids is 3. The maximum absolute atomic E-state index is 15.0. The van der Waals surface area contributed by atoms with Gasteiger partial charge in [0, 0.05) is 18.0 Å². The Labute approximate surface area is 241 Å². The van der Waals surface area contributed by atoms with E-state index >= 15 is 0 Å². The molecule has 7 nitrogen and oxygen atoms in total. The number of ether oxygens (including phenoxy) is 2. The van der Waals surface area contributed by atoms with E-state index in [1.807, 2.05) is 77.2 Å². The van der Waals surface area contributed by atoms with Gasteiger partial charge in [0.1, 0.15) is 23.0 Å². The van der Waals surface area contributed by atoms with Gasteiger partial charge in [0.2, 0.25) is 5.91 Å². The highest BCUT2D eigenvalue weighted by Gasteiger charge is 2.71. The van der Waals surface area contributed by atoms with Crippen molar-refractivity contribution in [2.24, 2.45) is 5.92 Å². The maximum Gasteiger partial charge on any atom is 0.238 e. The fraction of sp³-hybridized carbons (Fsp3) is 0.182. The lowest BCUT2D eigenvalue weighted by Gasteiger charge is -2.38. The van der Waals surface area contributed by atoms with Gasteiger partial charge in [0.05, 0.1) is 36.6 Å². The van der Waals surface area contributed by atoms with Crippen LogP contribution >= 0.6 is 11.3 Å². The van der Waals surface area contributed by atoms with Crippen LogP contribution in [0.3, 0.4) is 0 Å². The van der Waals surface area contributed by atoms with E-state index in [1.165, 1.54) is 18.4 Å². The van der Waals surface area contributed by atoms with E-state index in [-0.39, 0.29) is 23.0 Å². The third-order valence-electron chi connectivity index (χ3n) is 8.56. The van der Waals surface area contributed by atoms with Crippen molar-refractivity contribution in [2.75, 3.05) is 19.5 Å². The maximum atomic E-state index is 15.0. The number of carbonyl (C=O) groups is 3. The van der Waals surface area contributed by atoms with E-state index in [4.69, 9.17) is 9.47 Å². The summed E-state index contributed by atoms with van der Waals surface area (Å²) in [6.07, 6.45) is 3.82. The fourth-order valence-electron chi connectivity index (χ4n) is 6.90. The fourth-order valence-corrected chi connectivity index (χ4v) is 7.60. The molecule has 1 fully saturated rings. The van der Waals surface area contributed by atoms with E-state index in [1.54, 1.807) is 31.4 Å². The number of anilines is 1. The van der Waals surface area contributed by atoms with E-state index in [2.05, 4.69) is 5.32 Å². The molecule has 1 saturated heterocycles. The Kier molecular flexibility index (Phi) is 5.83. The quantitative estimate of drug-likeness (QED) is 0.302. The van der Waals surface area contributed by atoms with Crippen molar-refractivity contribution in [1.82, 2.24) is 4.90 Å². The lowest BCUT2D eigenvalue weighted by Crippen LogP contribution is -2.49.